The Kier molecular flexibility index (Phi) is 3.74. The Labute approximate surface area is 109 Å². The second-order valence-corrected chi connectivity index (χ2v) is 4.24. The van der Waals surface area contributed by atoms with Gasteiger partial charge in [-0.25, -0.2) is 0 Å². The molecule has 0 amide bonds. The fraction of sp³-hybridized carbons (Fsp3) is 0.214. The zero-order valence-electron chi connectivity index (χ0n) is 10.3. The highest BCUT2D eigenvalue weighted by molar-refractivity contribution is 5.49. The van der Waals surface area contributed by atoms with Crippen molar-refractivity contribution in [2.75, 3.05) is 5.32 Å². The lowest BCUT2D eigenvalue weighted by molar-refractivity contribution is -0.137. The van der Waals surface area contributed by atoms with Crippen molar-refractivity contribution in [3.63, 3.8) is 0 Å². The lowest BCUT2D eigenvalue weighted by Crippen LogP contribution is -2.07. The minimum Gasteiger partial charge on any atom is -0.381 e. The van der Waals surface area contributed by atoms with E-state index in [-0.39, 0.29) is 0 Å². The van der Waals surface area contributed by atoms with Crippen LogP contribution in [-0.2, 0) is 12.7 Å². The molecule has 0 bridgehead atoms. The number of nitrogens with one attached hydrogen (secondary N) is 1. The third-order valence-corrected chi connectivity index (χ3v) is 2.76. The topological polar surface area (TPSA) is 24.9 Å². The summed E-state index contributed by atoms with van der Waals surface area (Å²) < 4.78 is 37.7. The van der Waals surface area contributed by atoms with Gasteiger partial charge in [0.25, 0.3) is 0 Å². The standard InChI is InChI=1S/C14H13F3N2/c1-10-8-18-6-5-13(10)19-9-11-3-2-4-12(7-11)14(15,16)17/h2-8H,9H2,1H3,(H,18,19). The van der Waals surface area contributed by atoms with E-state index in [9.17, 15) is 13.2 Å². The summed E-state index contributed by atoms with van der Waals surface area (Å²) in [6.07, 6.45) is -0.960. The van der Waals surface area contributed by atoms with Gasteiger partial charge < -0.3 is 5.32 Å². The molecule has 0 aliphatic heterocycles. The Hall–Kier alpha value is -2.04. The van der Waals surface area contributed by atoms with E-state index in [0.717, 1.165) is 23.4 Å². The number of aryl methyl sites for hydroxylation is 1. The number of hydrogen-bond donors (Lipinski definition) is 1. The number of rotatable bonds is 3. The summed E-state index contributed by atoms with van der Waals surface area (Å²) in [6, 6.07) is 7.10. The first-order valence-corrected chi connectivity index (χ1v) is 5.77. The second-order valence-electron chi connectivity index (χ2n) is 4.24. The van der Waals surface area contributed by atoms with E-state index >= 15 is 0 Å². The first-order chi connectivity index (χ1) is 8.97. The number of pyridine rings is 1. The van der Waals surface area contributed by atoms with Gasteiger partial charge in [0.1, 0.15) is 0 Å². The highest BCUT2D eigenvalue weighted by Crippen LogP contribution is 2.29. The summed E-state index contributed by atoms with van der Waals surface area (Å²) in [4.78, 5) is 3.96. The number of aromatic nitrogens is 1. The summed E-state index contributed by atoms with van der Waals surface area (Å²) in [5.74, 6) is 0. The molecule has 0 fully saturated rings. The smallest absolute Gasteiger partial charge is 0.381 e. The van der Waals surface area contributed by atoms with Crippen LogP contribution >= 0.6 is 0 Å². The lowest BCUT2D eigenvalue weighted by Gasteiger charge is -2.11. The number of benzene rings is 1. The van der Waals surface area contributed by atoms with Crippen LogP contribution in [0.4, 0.5) is 18.9 Å². The molecule has 2 nitrogen and oxygen atoms in total. The minimum absolute atomic E-state index is 0.342. The normalized spacial score (nSPS) is 11.4. The summed E-state index contributed by atoms with van der Waals surface area (Å²) in [5.41, 5.74) is 1.78. The average Bonchev–Trinajstić information content (AvgIpc) is 2.37. The summed E-state index contributed by atoms with van der Waals surface area (Å²) >= 11 is 0. The summed E-state index contributed by atoms with van der Waals surface area (Å²) in [6.45, 7) is 2.23. The molecule has 19 heavy (non-hydrogen) atoms. The first-order valence-electron chi connectivity index (χ1n) is 5.77. The van der Waals surface area contributed by atoms with Gasteiger partial charge in [0, 0.05) is 24.6 Å². The van der Waals surface area contributed by atoms with Crippen molar-refractivity contribution >= 4 is 5.69 Å². The molecule has 100 valence electrons. The van der Waals surface area contributed by atoms with Crippen LogP contribution in [0.1, 0.15) is 16.7 Å². The highest BCUT2D eigenvalue weighted by atomic mass is 19.4. The zero-order chi connectivity index (χ0) is 13.9. The summed E-state index contributed by atoms with van der Waals surface area (Å²) in [7, 11) is 0. The zero-order valence-corrected chi connectivity index (χ0v) is 10.3. The number of hydrogen-bond acceptors (Lipinski definition) is 2. The van der Waals surface area contributed by atoms with Gasteiger partial charge in [-0.15, -0.1) is 0 Å². The predicted octanol–water partition coefficient (Wildman–Crippen LogP) is 4.02. The van der Waals surface area contributed by atoms with E-state index in [2.05, 4.69) is 10.3 Å². The molecule has 0 atom stereocenters. The van der Waals surface area contributed by atoms with Crippen LogP contribution in [-0.4, -0.2) is 4.98 Å². The van der Waals surface area contributed by atoms with Crippen LogP contribution in [0.25, 0.3) is 0 Å². The maximum atomic E-state index is 12.6. The van der Waals surface area contributed by atoms with Crippen LogP contribution in [0.5, 0.6) is 0 Å². The third kappa shape index (κ3) is 3.47. The van der Waals surface area contributed by atoms with E-state index in [1.807, 2.05) is 6.92 Å². The third-order valence-electron chi connectivity index (χ3n) is 2.76. The molecule has 0 radical (unpaired) electrons. The highest BCUT2D eigenvalue weighted by Gasteiger charge is 2.30. The molecule has 0 unspecified atom stereocenters. The molecular formula is C14H13F3N2. The lowest BCUT2D eigenvalue weighted by atomic mass is 10.1. The molecule has 2 rings (SSSR count). The Morgan fingerprint density at radius 2 is 2.00 bits per heavy atom. The number of alkyl halides is 3. The minimum atomic E-state index is -4.30. The number of nitrogens with zero attached hydrogens (tertiary/aromatic N) is 1. The van der Waals surface area contributed by atoms with E-state index in [0.29, 0.717) is 12.1 Å². The van der Waals surface area contributed by atoms with E-state index in [1.54, 1.807) is 24.5 Å². The SMILES string of the molecule is Cc1cnccc1NCc1cccc(C(F)(F)F)c1. The molecule has 0 aliphatic carbocycles. The van der Waals surface area contributed by atoms with Gasteiger partial charge in [-0.1, -0.05) is 12.1 Å². The molecule has 0 saturated heterocycles. The largest absolute Gasteiger partial charge is 0.416 e. The van der Waals surface area contributed by atoms with E-state index in [4.69, 9.17) is 0 Å². The van der Waals surface area contributed by atoms with Crippen molar-refractivity contribution in [3.8, 4) is 0 Å². The molecule has 0 saturated carbocycles. The van der Waals surface area contributed by atoms with Crippen LogP contribution in [0.15, 0.2) is 42.7 Å². The molecule has 5 heteroatoms. The van der Waals surface area contributed by atoms with Gasteiger partial charge in [0.2, 0.25) is 0 Å². The molecule has 1 heterocycles. The Morgan fingerprint density at radius 1 is 1.21 bits per heavy atom. The Balaban J connectivity index is 2.10. The van der Waals surface area contributed by atoms with Crippen molar-refractivity contribution in [1.29, 1.82) is 0 Å². The van der Waals surface area contributed by atoms with Gasteiger partial charge in [-0.2, -0.15) is 13.2 Å². The second kappa shape index (κ2) is 5.30. The molecule has 1 N–H and O–H groups in total. The van der Waals surface area contributed by atoms with Crippen LogP contribution < -0.4 is 5.32 Å². The fourth-order valence-electron chi connectivity index (χ4n) is 1.73. The van der Waals surface area contributed by atoms with Crippen molar-refractivity contribution in [3.05, 3.63) is 59.4 Å². The van der Waals surface area contributed by atoms with Gasteiger partial charge in [-0.05, 0) is 36.2 Å². The van der Waals surface area contributed by atoms with Gasteiger partial charge >= 0.3 is 6.18 Å². The monoisotopic (exact) mass is 266 g/mol. The molecule has 0 aliphatic rings. The maximum absolute atomic E-state index is 12.6. The predicted molar refractivity (Wildman–Crippen MR) is 67.7 cm³/mol. The molecule has 2 aromatic rings. The van der Waals surface area contributed by atoms with Crippen LogP contribution in [0.2, 0.25) is 0 Å². The quantitative estimate of drug-likeness (QED) is 0.907. The van der Waals surface area contributed by atoms with E-state index < -0.39 is 11.7 Å². The van der Waals surface area contributed by atoms with Crippen molar-refractivity contribution in [1.82, 2.24) is 4.98 Å². The molecule has 1 aromatic carbocycles. The number of halogens is 3. The first kappa shape index (κ1) is 13.4. The Morgan fingerprint density at radius 3 is 2.68 bits per heavy atom. The van der Waals surface area contributed by atoms with Crippen molar-refractivity contribution in [2.45, 2.75) is 19.6 Å². The van der Waals surface area contributed by atoms with Gasteiger partial charge in [0.05, 0.1) is 5.56 Å². The average molecular weight is 266 g/mol. The molecule has 1 aromatic heterocycles. The van der Waals surface area contributed by atoms with Crippen molar-refractivity contribution < 1.29 is 13.2 Å². The van der Waals surface area contributed by atoms with Crippen molar-refractivity contribution in [2.24, 2.45) is 0 Å². The molecular weight excluding hydrogens is 253 g/mol. The van der Waals surface area contributed by atoms with Gasteiger partial charge in [-0.3, -0.25) is 4.98 Å². The van der Waals surface area contributed by atoms with E-state index in [1.165, 1.54) is 6.07 Å². The Bertz CT molecular complexity index is 565. The van der Waals surface area contributed by atoms with Crippen LogP contribution in [0, 0.1) is 6.92 Å². The van der Waals surface area contributed by atoms with Crippen LogP contribution in [0.3, 0.4) is 0 Å². The maximum Gasteiger partial charge on any atom is 0.416 e. The molecule has 0 spiro atoms. The fourth-order valence-corrected chi connectivity index (χ4v) is 1.73. The van der Waals surface area contributed by atoms with Gasteiger partial charge in [0.15, 0.2) is 0 Å². The summed E-state index contributed by atoms with van der Waals surface area (Å²) in [5, 5.41) is 3.10. The number of anilines is 1.